The molecule has 0 saturated carbocycles. The van der Waals surface area contributed by atoms with E-state index in [0.29, 0.717) is 11.3 Å². The van der Waals surface area contributed by atoms with Gasteiger partial charge in [0.1, 0.15) is 17.3 Å². The molecule has 0 bridgehead atoms. The highest BCUT2D eigenvalue weighted by Gasteiger charge is 2.17. The van der Waals surface area contributed by atoms with E-state index >= 15 is 0 Å². The van der Waals surface area contributed by atoms with Crippen LogP contribution < -0.4 is 0 Å². The van der Waals surface area contributed by atoms with Gasteiger partial charge < -0.3 is 5.11 Å². The summed E-state index contributed by atoms with van der Waals surface area (Å²) in [5, 5.41) is 24.1. The molecular formula is C18H21N3O. The molecule has 4 nitrogen and oxygen atoms in total. The Morgan fingerprint density at radius 3 is 2.23 bits per heavy atom. The van der Waals surface area contributed by atoms with Crippen LogP contribution in [0.3, 0.4) is 0 Å². The summed E-state index contributed by atoms with van der Waals surface area (Å²) < 4.78 is 1.57. The van der Waals surface area contributed by atoms with Crippen molar-refractivity contribution >= 4 is 11.3 Å². The van der Waals surface area contributed by atoms with E-state index in [1.165, 1.54) is 5.56 Å². The molecule has 0 radical (unpaired) electrons. The molecular weight excluding hydrogens is 274 g/mol. The Hall–Kier alpha value is -2.54. The van der Waals surface area contributed by atoms with E-state index in [2.05, 4.69) is 31.9 Å². The molecule has 1 aromatic heterocycles. The van der Waals surface area contributed by atoms with Crippen LogP contribution in [0.15, 0.2) is 30.3 Å². The minimum atomic E-state index is -0.0471. The largest absolute Gasteiger partial charge is 0.504 e. The highest BCUT2D eigenvalue weighted by Crippen LogP contribution is 2.27. The SMILES string of the molecule is Cc1cc(C(O)=C(C#N)c2ccc(C(C)(C)C)cc2)n(C)n1. The lowest BCUT2D eigenvalue weighted by atomic mass is 9.86. The van der Waals surface area contributed by atoms with Crippen LogP contribution in [0.1, 0.15) is 43.3 Å². The lowest BCUT2D eigenvalue weighted by molar-refractivity contribution is 0.503. The minimum Gasteiger partial charge on any atom is -0.504 e. The highest BCUT2D eigenvalue weighted by atomic mass is 16.3. The molecule has 0 unspecified atom stereocenters. The number of benzene rings is 1. The zero-order valence-corrected chi connectivity index (χ0v) is 13.7. The number of rotatable bonds is 2. The molecule has 0 spiro atoms. The van der Waals surface area contributed by atoms with E-state index in [1.807, 2.05) is 31.2 Å². The molecule has 0 aliphatic rings. The van der Waals surface area contributed by atoms with E-state index < -0.39 is 0 Å². The van der Waals surface area contributed by atoms with Crippen LogP contribution in [0.5, 0.6) is 0 Å². The minimum absolute atomic E-state index is 0.0471. The first kappa shape index (κ1) is 15.8. The zero-order valence-electron chi connectivity index (χ0n) is 13.7. The summed E-state index contributed by atoms with van der Waals surface area (Å²) in [4.78, 5) is 0. The maximum Gasteiger partial charge on any atom is 0.159 e. The molecule has 0 saturated heterocycles. The van der Waals surface area contributed by atoms with E-state index in [1.54, 1.807) is 17.8 Å². The summed E-state index contributed by atoms with van der Waals surface area (Å²) in [7, 11) is 1.75. The van der Waals surface area contributed by atoms with Crippen molar-refractivity contribution in [2.75, 3.05) is 0 Å². The Labute approximate surface area is 131 Å². The summed E-state index contributed by atoms with van der Waals surface area (Å²) in [5.74, 6) is -0.0471. The van der Waals surface area contributed by atoms with Crippen LogP contribution in [0, 0.1) is 18.3 Å². The maximum absolute atomic E-state index is 10.5. The van der Waals surface area contributed by atoms with Crippen LogP contribution >= 0.6 is 0 Å². The van der Waals surface area contributed by atoms with E-state index in [9.17, 15) is 10.4 Å². The number of aromatic nitrogens is 2. The van der Waals surface area contributed by atoms with Gasteiger partial charge >= 0.3 is 0 Å². The van der Waals surface area contributed by atoms with Gasteiger partial charge in [0.15, 0.2) is 5.76 Å². The van der Waals surface area contributed by atoms with Gasteiger partial charge in [0.2, 0.25) is 0 Å². The predicted molar refractivity (Wildman–Crippen MR) is 88.1 cm³/mol. The average molecular weight is 295 g/mol. The van der Waals surface area contributed by atoms with Crippen LogP contribution in [-0.4, -0.2) is 14.9 Å². The van der Waals surface area contributed by atoms with Gasteiger partial charge in [-0.15, -0.1) is 0 Å². The van der Waals surface area contributed by atoms with Gasteiger partial charge in [-0.2, -0.15) is 10.4 Å². The molecule has 1 heterocycles. The normalized spacial score (nSPS) is 12.7. The van der Waals surface area contributed by atoms with E-state index in [-0.39, 0.29) is 16.7 Å². The second-order valence-corrected chi connectivity index (χ2v) is 6.46. The first-order chi connectivity index (χ1) is 10.2. The smallest absolute Gasteiger partial charge is 0.159 e. The topological polar surface area (TPSA) is 61.8 Å². The van der Waals surface area contributed by atoms with Gasteiger partial charge in [-0.1, -0.05) is 45.0 Å². The van der Waals surface area contributed by atoms with Crippen molar-refractivity contribution in [3.8, 4) is 6.07 Å². The third-order valence-electron chi connectivity index (χ3n) is 3.63. The van der Waals surface area contributed by atoms with Crippen molar-refractivity contribution in [1.29, 1.82) is 5.26 Å². The number of nitriles is 1. The van der Waals surface area contributed by atoms with Gasteiger partial charge in [-0.25, -0.2) is 0 Å². The molecule has 0 amide bonds. The van der Waals surface area contributed by atoms with Gasteiger partial charge in [0.05, 0.1) is 5.69 Å². The first-order valence-electron chi connectivity index (χ1n) is 7.19. The Balaban J connectivity index is 2.50. The molecule has 22 heavy (non-hydrogen) atoms. The molecule has 0 atom stereocenters. The van der Waals surface area contributed by atoms with Crippen molar-refractivity contribution in [2.24, 2.45) is 7.05 Å². The summed E-state index contributed by atoms with van der Waals surface area (Å²) >= 11 is 0. The second-order valence-electron chi connectivity index (χ2n) is 6.46. The predicted octanol–water partition coefficient (Wildman–Crippen LogP) is 3.98. The number of aliphatic hydroxyl groups excluding tert-OH is 1. The third kappa shape index (κ3) is 3.04. The van der Waals surface area contributed by atoms with Crippen molar-refractivity contribution in [2.45, 2.75) is 33.1 Å². The molecule has 0 fully saturated rings. The second kappa shape index (κ2) is 5.69. The van der Waals surface area contributed by atoms with E-state index in [0.717, 1.165) is 5.69 Å². The molecule has 1 N–H and O–H groups in total. The fraction of sp³-hybridized carbons (Fsp3) is 0.333. The van der Waals surface area contributed by atoms with Crippen LogP contribution in [0.25, 0.3) is 11.3 Å². The van der Waals surface area contributed by atoms with Crippen molar-refractivity contribution in [1.82, 2.24) is 9.78 Å². The molecule has 2 aromatic rings. The molecule has 2 rings (SSSR count). The number of hydrogen-bond donors (Lipinski definition) is 1. The summed E-state index contributed by atoms with van der Waals surface area (Å²) in [6.07, 6.45) is 0. The third-order valence-corrected chi connectivity index (χ3v) is 3.63. The fourth-order valence-electron chi connectivity index (χ4n) is 2.35. The Morgan fingerprint density at radius 1 is 1.23 bits per heavy atom. The van der Waals surface area contributed by atoms with Gasteiger partial charge in [0.25, 0.3) is 0 Å². The maximum atomic E-state index is 10.5. The lowest BCUT2D eigenvalue weighted by Crippen LogP contribution is -2.10. The molecule has 0 aliphatic carbocycles. The Bertz CT molecular complexity index is 753. The van der Waals surface area contributed by atoms with Gasteiger partial charge in [0, 0.05) is 7.05 Å². The number of allylic oxidation sites excluding steroid dienone is 1. The average Bonchev–Trinajstić information content (AvgIpc) is 2.78. The van der Waals surface area contributed by atoms with E-state index in [4.69, 9.17) is 0 Å². The number of aryl methyl sites for hydroxylation is 2. The lowest BCUT2D eigenvalue weighted by Gasteiger charge is -2.19. The standard InChI is InChI=1S/C18H21N3O/c1-12-10-16(21(5)20-12)17(22)15(11-19)13-6-8-14(9-7-13)18(2,3)4/h6-10,22H,1-5H3. The Kier molecular flexibility index (Phi) is 4.09. The van der Waals surface area contributed by atoms with Crippen LogP contribution in [-0.2, 0) is 12.5 Å². The number of hydrogen-bond acceptors (Lipinski definition) is 3. The van der Waals surface area contributed by atoms with Crippen LogP contribution in [0.4, 0.5) is 0 Å². The zero-order chi connectivity index (χ0) is 16.5. The van der Waals surface area contributed by atoms with Gasteiger partial charge in [-0.3, -0.25) is 4.68 Å². The molecule has 1 aromatic carbocycles. The monoisotopic (exact) mass is 295 g/mol. The van der Waals surface area contributed by atoms with Crippen molar-refractivity contribution in [3.05, 3.63) is 52.8 Å². The fourth-order valence-corrected chi connectivity index (χ4v) is 2.35. The molecule has 4 heteroatoms. The quantitative estimate of drug-likeness (QED) is 0.673. The molecule has 0 aliphatic heterocycles. The number of aliphatic hydroxyl groups is 1. The first-order valence-corrected chi connectivity index (χ1v) is 7.19. The molecule has 114 valence electrons. The highest BCUT2D eigenvalue weighted by molar-refractivity contribution is 5.93. The summed E-state index contributed by atoms with van der Waals surface area (Å²) in [6.45, 7) is 8.26. The summed E-state index contributed by atoms with van der Waals surface area (Å²) in [6, 6.07) is 11.6. The Morgan fingerprint density at radius 2 is 1.82 bits per heavy atom. The van der Waals surface area contributed by atoms with Crippen LogP contribution in [0.2, 0.25) is 0 Å². The van der Waals surface area contributed by atoms with Crippen molar-refractivity contribution in [3.63, 3.8) is 0 Å². The number of nitrogens with zero attached hydrogens (tertiary/aromatic N) is 3. The van der Waals surface area contributed by atoms with Crippen molar-refractivity contribution < 1.29 is 5.11 Å². The van der Waals surface area contributed by atoms with Gasteiger partial charge in [-0.05, 0) is 29.5 Å². The summed E-state index contributed by atoms with van der Waals surface area (Å²) in [5.41, 5.74) is 3.52.